The smallest absolute Gasteiger partial charge is 0.408 e. The number of anilines is 1. The number of nitrogens with zero attached hydrogens (tertiary/aromatic N) is 2. The van der Waals surface area contributed by atoms with Gasteiger partial charge in [0.15, 0.2) is 5.58 Å². The van der Waals surface area contributed by atoms with E-state index >= 15 is 0 Å². The quantitative estimate of drug-likeness (QED) is 0.419. The average molecular weight is 487 g/mol. The number of hydrogen-bond donors (Lipinski definition) is 2. The molecule has 34 heavy (non-hydrogen) atoms. The highest BCUT2D eigenvalue weighted by Gasteiger charge is 2.25. The van der Waals surface area contributed by atoms with Gasteiger partial charge in [-0.05, 0) is 48.1 Å². The maximum Gasteiger partial charge on any atom is 0.420 e. The molecule has 0 saturated carbocycles. The SMILES string of the molecule is NC1CCc2cccc(Cn3c(=O)oc4cc(S(=O)(=O)Nc5cccc(F)n5)c(F)cc43)c2C1. The molecule has 0 amide bonds. The Hall–Kier alpha value is -3.57. The summed E-state index contributed by atoms with van der Waals surface area (Å²) in [5.41, 5.74) is 9.24. The third-order valence-electron chi connectivity index (χ3n) is 5.91. The fourth-order valence-corrected chi connectivity index (χ4v) is 5.36. The molecule has 0 bridgehead atoms. The first-order valence-electron chi connectivity index (χ1n) is 10.5. The van der Waals surface area contributed by atoms with Gasteiger partial charge >= 0.3 is 5.76 Å². The summed E-state index contributed by atoms with van der Waals surface area (Å²) in [6.45, 7) is 0.124. The number of halogens is 2. The predicted octanol–water partition coefficient (Wildman–Crippen LogP) is 2.93. The van der Waals surface area contributed by atoms with Crippen LogP contribution in [0.5, 0.6) is 0 Å². The zero-order valence-corrected chi connectivity index (χ0v) is 18.6. The van der Waals surface area contributed by atoms with Crippen LogP contribution in [-0.4, -0.2) is 24.0 Å². The fourth-order valence-electron chi connectivity index (χ4n) is 4.29. The normalized spacial score (nSPS) is 15.9. The summed E-state index contributed by atoms with van der Waals surface area (Å²) in [7, 11) is -4.47. The zero-order chi connectivity index (χ0) is 24.0. The van der Waals surface area contributed by atoms with E-state index in [2.05, 4.69) is 4.98 Å². The molecular weight excluding hydrogens is 466 g/mol. The van der Waals surface area contributed by atoms with Crippen LogP contribution in [-0.2, 0) is 29.4 Å². The van der Waals surface area contributed by atoms with Crippen LogP contribution in [0.2, 0.25) is 0 Å². The van der Waals surface area contributed by atoms with Crippen LogP contribution in [0, 0.1) is 11.8 Å². The van der Waals surface area contributed by atoms with Crippen molar-refractivity contribution >= 4 is 26.9 Å². The first-order chi connectivity index (χ1) is 16.2. The van der Waals surface area contributed by atoms with Gasteiger partial charge < -0.3 is 10.2 Å². The highest BCUT2D eigenvalue weighted by Crippen LogP contribution is 2.27. The van der Waals surface area contributed by atoms with Crippen molar-refractivity contribution in [3.05, 3.63) is 87.5 Å². The van der Waals surface area contributed by atoms with Crippen molar-refractivity contribution in [2.75, 3.05) is 4.72 Å². The molecule has 0 radical (unpaired) electrons. The zero-order valence-electron chi connectivity index (χ0n) is 17.8. The van der Waals surface area contributed by atoms with Crippen LogP contribution in [0.25, 0.3) is 11.1 Å². The van der Waals surface area contributed by atoms with E-state index in [4.69, 9.17) is 10.2 Å². The van der Waals surface area contributed by atoms with E-state index in [1.54, 1.807) is 0 Å². The van der Waals surface area contributed by atoms with Gasteiger partial charge in [0.2, 0.25) is 5.95 Å². The van der Waals surface area contributed by atoms with Crippen LogP contribution in [0.4, 0.5) is 14.6 Å². The molecular formula is C23H20F2N4O4S. The van der Waals surface area contributed by atoms with Crippen LogP contribution < -0.4 is 16.2 Å². The number of fused-ring (bicyclic) bond motifs is 2. The molecule has 2 aromatic heterocycles. The molecule has 0 aliphatic heterocycles. The lowest BCUT2D eigenvalue weighted by Crippen LogP contribution is -2.29. The maximum absolute atomic E-state index is 15.0. The Morgan fingerprint density at radius 1 is 1.18 bits per heavy atom. The first-order valence-corrected chi connectivity index (χ1v) is 12.0. The minimum atomic E-state index is -4.47. The number of benzene rings is 2. The highest BCUT2D eigenvalue weighted by molar-refractivity contribution is 7.92. The number of aromatic nitrogens is 2. The molecule has 0 spiro atoms. The van der Waals surface area contributed by atoms with Crippen molar-refractivity contribution in [1.29, 1.82) is 0 Å². The topological polar surface area (TPSA) is 120 Å². The second kappa shape index (κ2) is 8.33. The number of nitrogens with two attached hydrogens (primary N) is 1. The van der Waals surface area contributed by atoms with Crippen molar-refractivity contribution < 1.29 is 21.6 Å². The molecule has 176 valence electrons. The maximum atomic E-state index is 15.0. The molecule has 2 heterocycles. The number of pyridine rings is 1. The molecule has 4 aromatic rings. The van der Waals surface area contributed by atoms with Crippen LogP contribution in [0.1, 0.15) is 23.1 Å². The predicted molar refractivity (Wildman–Crippen MR) is 121 cm³/mol. The van der Waals surface area contributed by atoms with Crippen LogP contribution in [0.15, 0.2) is 62.6 Å². The summed E-state index contributed by atoms with van der Waals surface area (Å²) in [5, 5.41) is 0. The van der Waals surface area contributed by atoms with E-state index in [1.165, 1.54) is 16.7 Å². The second-order valence-corrected chi connectivity index (χ2v) is 9.86. The van der Waals surface area contributed by atoms with E-state index < -0.39 is 32.4 Å². The standard InChI is InChI=1S/C23H20F2N4O4S/c24-17-10-18-19(11-20(17)34(31,32)28-22-6-2-5-21(25)27-22)33-23(30)29(18)12-14-4-1-3-13-7-8-15(26)9-16(13)14/h1-6,10-11,15H,7-9,12,26H2,(H,27,28). The molecule has 1 aliphatic rings. The monoisotopic (exact) mass is 486 g/mol. The number of hydrogen-bond acceptors (Lipinski definition) is 6. The average Bonchev–Trinajstić information content (AvgIpc) is 3.07. The summed E-state index contributed by atoms with van der Waals surface area (Å²) in [6.07, 6.45) is 2.40. The third-order valence-corrected chi connectivity index (χ3v) is 7.28. The number of oxazole rings is 1. The van der Waals surface area contributed by atoms with Gasteiger partial charge in [0.05, 0.1) is 12.1 Å². The minimum absolute atomic E-state index is 0.0248. The largest absolute Gasteiger partial charge is 0.420 e. The van der Waals surface area contributed by atoms with Gasteiger partial charge in [-0.2, -0.15) is 4.39 Å². The highest BCUT2D eigenvalue weighted by atomic mass is 32.2. The van der Waals surface area contributed by atoms with Crippen molar-refractivity contribution in [1.82, 2.24) is 9.55 Å². The van der Waals surface area contributed by atoms with E-state index in [0.29, 0.717) is 6.42 Å². The Morgan fingerprint density at radius 2 is 1.97 bits per heavy atom. The second-order valence-electron chi connectivity index (χ2n) is 8.21. The molecule has 5 rings (SSSR count). The molecule has 0 fully saturated rings. The van der Waals surface area contributed by atoms with Crippen LogP contribution in [0.3, 0.4) is 0 Å². The number of rotatable bonds is 5. The van der Waals surface area contributed by atoms with Gasteiger partial charge in [-0.3, -0.25) is 9.29 Å². The summed E-state index contributed by atoms with van der Waals surface area (Å²) < 4.78 is 62.2. The van der Waals surface area contributed by atoms with E-state index in [1.807, 2.05) is 22.9 Å². The lowest BCUT2D eigenvalue weighted by atomic mass is 9.85. The Balaban J connectivity index is 1.53. The molecule has 3 N–H and O–H groups in total. The van der Waals surface area contributed by atoms with E-state index in [-0.39, 0.29) is 29.5 Å². The van der Waals surface area contributed by atoms with Crippen LogP contribution >= 0.6 is 0 Å². The molecule has 2 aromatic carbocycles. The molecule has 0 saturated heterocycles. The lowest BCUT2D eigenvalue weighted by Gasteiger charge is -2.24. The summed E-state index contributed by atoms with van der Waals surface area (Å²) in [6, 6.07) is 11.2. The number of nitrogens with one attached hydrogen (secondary N) is 1. The number of aryl methyl sites for hydroxylation is 1. The molecule has 1 aliphatic carbocycles. The van der Waals surface area contributed by atoms with Gasteiger partial charge in [0, 0.05) is 18.2 Å². The molecule has 11 heteroatoms. The van der Waals surface area contributed by atoms with Gasteiger partial charge in [-0.1, -0.05) is 24.3 Å². The lowest BCUT2D eigenvalue weighted by molar-refractivity contribution is 0.514. The fraction of sp³-hybridized carbons (Fsp3) is 0.217. The molecule has 8 nitrogen and oxygen atoms in total. The van der Waals surface area contributed by atoms with Gasteiger partial charge in [0.1, 0.15) is 16.5 Å². The Kier molecular flexibility index (Phi) is 5.45. The number of sulfonamides is 1. The summed E-state index contributed by atoms with van der Waals surface area (Å²) in [5.74, 6) is -3.06. The third kappa shape index (κ3) is 4.08. The van der Waals surface area contributed by atoms with Crippen molar-refractivity contribution in [2.45, 2.75) is 36.7 Å². The first kappa shape index (κ1) is 22.2. The van der Waals surface area contributed by atoms with Gasteiger partial charge in [0.25, 0.3) is 10.0 Å². The Morgan fingerprint density at radius 3 is 2.76 bits per heavy atom. The van der Waals surface area contributed by atoms with E-state index in [9.17, 15) is 22.0 Å². The van der Waals surface area contributed by atoms with Crippen molar-refractivity contribution in [3.8, 4) is 0 Å². The van der Waals surface area contributed by atoms with E-state index in [0.717, 1.165) is 47.7 Å². The van der Waals surface area contributed by atoms with Crippen molar-refractivity contribution in [3.63, 3.8) is 0 Å². The Labute approximate surface area is 193 Å². The van der Waals surface area contributed by atoms with Gasteiger partial charge in [-0.25, -0.2) is 22.6 Å². The summed E-state index contributed by atoms with van der Waals surface area (Å²) in [4.78, 5) is 15.3. The summed E-state index contributed by atoms with van der Waals surface area (Å²) >= 11 is 0. The van der Waals surface area contributed by atoms with Crippen molar-refractivity contribution in [2.24, 2.45) is 5.73 Å². The van der Waals surface area contributed by atoms with Gasteiger partial charge in [-0.15, -0.1) is 0 Å². The molecule has 1 unspecified atom stereocenters. The minimum Gasteiger partial charge on any atom is -0.408 e. The Bertz CT molecular complexity index is 1580. The molecule has 1 atom stereocenters.